The van der Waals surface area contributed by atoms with E-state index in [1.54, 1.807) is 6.92 Å². The summed E-state index contributed by atoms with van der Waals surface area (Å²) >= 11 is 6.99. The summed E-state index contributed by atoms with van der Waals surface area (Å²) in [5.41, 5.74) is -0.730. The van der Waals surface area contributed by atoms with Crippen molar-refractivity contribution in [1.29, 1.82) is 0 Å². The minimum atomic E-state index is -0.948. The first-order valence-corrected chi connectivity index (χ1v) is 16.9. The summed E-state index contributed by atoms with van der Waals surface area (Å²) in [5.74, 6) is -3.17. The zero-order chi connectivity index (χ0) is 34.4. The molecule has 0 spiro atoms. The molecule has 244 valence electrons. The van der Waals surface area contributed by atoms with Crippen LogP contribution in [0.25, 0.3) is 75.4 Å². The van der Waals surface area contributed by atoms with Gasteiger partial charge in [0.25, 0.3) is 0 Å². The largest absolute Gasteiger partial charge is 0.507 e. The Balaban J connectivity index is 1.91. The van der Waals surface area contributed by atoms with Crippen molar-refractivity contribution in [3.05, 3.63) is 52.7 Å². The van der Waals surface area contributed by atoms with E-state index in [2.05, 4.69) is 31.9 Å². The summed E-state index contributed by atoms with van der Waals surface area (Å²) in [6.07, 6.45) is -0.800. The predicted molar refractivity (Wildman–Crippen MR) is 192 cm³/mol. The highest BCUT2D eigenvalue weighted by Crippen LogP contribution is 2.62. The van der Waals surface area contributed by atoms with Gasteiger partial charge in [-0.15, -0.1) is 0 Å². The summed E-state index contributed by atoms with van der Waals surface area (Å²) in [4.78, 5) is 27.5. The Labute approximate surface area is 285 Å². The van der Waals surface area contributed by atoms with Crippen LogP contribution in [0.4, 0.5) is 0 Å². The summed E-state index contributed by atoms with van der Waals surface area (Å²) in [5, 5.41) is 92.2. The van der Waals surface area contributed by atoms with Gasteiger partial charge in [-0.25, -0.2) is 0 Å². The normalized spacial score (nSPS) is 14.0. The number of aromatic hydroxyl groups is 6. The van der Waals surface area contributed by atoms with Crippen molar-refractivity contribution >= 4 is 107 Å². The van der Waals surface area contributed by atoms with E-state index >= 15 is 0 Å². The van der Waals surface area contributed by atoms with Crippen molar-refractivity contribution in [1.82, 2.24) is 0 Å². The number of hydrogen-bond acceptors (Lipinski definition) is 10. The first kappa shape index (κ1) is 30.9. The molecule has 0 radical (unpaired) electrons. The van der Waals surface area contributed by atoms with Crippen molar-refractivity contribution in [2.45, 2.75) is 51.7 Å². The molecule has 0 aromatic heterocycles. The van der Waals surface area contributed by atoms with Crippen LogP contribution in [0.15, 0.2) is 30.7 Å². The molecule has 0 heterocycles. The number of hydrogen-bond donors (Lipinski definition) is 8. The molecule has 8 aromatic carbocycles. The fraction of sp³-hybridized carbons (Fsp3) is 0.222. The van der Waals surface area contributed by atoms with Crippen LogP contribution < -0.4 is 10.9 Å². The van der Waals surface area contributed by atoms with Crippen LogP contribution in [-0.2, 0) is 12.8 Å². The smallest absolute Gasteiger partial charge is 0.190 e. The SMILES string of the molecule is CCCC(O)Cc1c(Br)c(O)c2c(O)c3c(O)cc(=O)c4c5c(=O)cc(O)c6c(O)c7c(O)c(Br)c(CC(C)O)c8c1c2c(c34)c(c78)c65. The van der Waals surface area contributed by atoms with Crippen LogP contribution in [-0.4, -0.2) is 53.1 Å². The van der Waals surface area contributed by atoms with Gasteiger partial charge in [-0.05, 0) is 73.5 Å². The van der Waals surface area contributed by atoms with Crippen molar-refractivity contribution < 1.29 is 40.9 Å². The van der Waals surface area contributed by atoms with Crippen LogP contribution in [0.1, 0.15) is 37.8 Å². The minimum Gasteiger partial charge on any atom is -0.507 e. The van der Waals surface area contributed by atoms with E-state index in [0.717, 1.165) is 12.1 Å². The second-order valence-corrected chi connectivity index (χ2v) is 14.3. The van der Waals surface area contributed by atoms with Crippen LogP contribution in [0.3, 0.4) is 0 Å². The van der Waals surface area contributed by atoms with Gasteiger partial charge in [-0.1, -0.05) is 13.3 Å². The van der Waals surface area contributed by atoms with Gasteiger partial charge in [0.05, 0.1) is 42.7 Å². The molecule has 48 heavy (non-hydrogen) atoms. The third-order valence-electron chi connectivity index (χ3n) is 9.82. The summed E-state index contributed by atoms with van der Waals surface area (Å²) < 4.78 is 0.252. The molecule has 8 aromatic rings. The molecule has 0 saturated carbocycles. The second-order valence-electron chi connectivity index (χ2n) is 12.7. The highest BCUT2D eigenvalue weighted by Gasteiger charge is 2.36. The van der Waals surface area contributed by atoms with E-state index in [-0.39, 0.29) is 86.4 Å². The summed E-state index contributed by atoms with van der Waals surface area (Å²) in [6, 6.07) is 1.72. The number of phenolic OH excluding ortho intramolecular Hbond substituents is 6. The number of benzene rings is 8. The Bertz CT molecular complexity index is 2810. The average molecular weight is 778 g/mol. The first-order valence-electron chi connectivity index (χ1n) is 15.3. The maximum absolute atomic E-state index is 13.8. The van der Waals surface area contributed by atoms with Crippen LogP contribution in [0, 0.1) is 0 Å². The lowest BCUT2D eigenvalue weighted by Gasteiger charge is -2.28. The Morgan fingerprint density at radius 3 is 1.31 bits per heavy atom. The Morgan fingerprint density at radius 2 is 0.917 bits per heavy atom. The van der Waals surface area contributed by atoms with Gasteiger partial charge in [0.2, 0.25) is 0 Å². The van der Waals surface area contributed by atoms with Crippen molar-refractivity contribution in [3.63, 3.8) is 0 Å². The molecule has 8 N–H and O–H groups in total. The van der Waals surface area contributed by atoms with E-state index in [4.69, 9.17) is 0 Å². The van der Waals surface area contributed by atoms with E-state index in [1.807, 2.05) is 6.92 Å². The van der Waals surface area contributed by atoms with Gasteiger partial charge in [-0.2, -0.15) is 0 Å². The lowest BCUT2D eigenvalue weighted by Crippen LogP contribution is -2.13. The molecular formula is C36H26Br2O10. The Kier molecular flexibility index (Phi) is 6.50. The van der Waals surface area contributed by atoms with Crippen molar-refractivity contribution in [2.24, 2.45) is 0 Å². The molecule has 0 bridgehead atoms. The third-order valence-corrected chi connectivity index (χ3v) is 11.5. The number of aliphatic hydroxyl groups is 2. The molecule has 2 unspecified atom stereocenters. The van der Waals surface area contributed by atoms with Gasteiger partial charge >= 0.3 is 0 Å². The van der Waals surface area contributed by atoms with E-state index < -0.39 is 57.6 Å². The molecule has 0 fully saturated rings. The average Bonchev–Trinajstić information content (AvgIpc) is 3.00. The number of halogens is 2. The fourth-order valence-corrected chi connectivity index (χ4v) is 9.26. The van der Waals surface area contributed by atoms with Crippen LogP contribution in [0.2, 0.25) is 0 Å². The van der Waals surface area contributed by atoms with Crippen molar-refractivity contribution in [3.8, 4) is 34.5 Å². The highest BCUT2D eigenvalue weighted by atomic mass is 79.9. The first-order chi connectivity index (χ1) is 22.7. The molecule has 12 heteroatoms. The number of rotatable bonds is 6. The van der Waals surface area contributed by atoms with Gasteiger partial charge in [-0.3, -0.25) is 9.59 Å². The van der Waals surface area contributed by atoms with E-state index in [9.17, 15) is 50.4 Å². The second kappa shape index (κ2) is 10.1. The van der Waals surface area contributed by atoms with Gasteiger partial charge in [0, 0.05) is 61.6 Å². The third kappa shape index (κ3) is 3.58. The van der Waals surface area contributed by atoms with Gasteiger partial charge in [0.15, 0.2) is 10.9 Å². The number of aliphatic hydroxyl groups excluding tert-OH is 2. The lowest BCUT2D eigenvalue weighted by molar-refractivity contribution is 0.164. The quantitative estimate of drug-likeness (QED) is 0.0672. The summed E-state index contributed by atoms with van der Waals surface area (Å²) in [6.45, 7) is 3.46. The predicted octanol–water partition coefficient (Wildman–Crippen LogP) is 6.62. The molecule has 0 aliphatic heterocycles. The molecule has 8 rings (SSSR count). The maximum Gasteiger partial charge on any atom is 0.190 e. The molecule has 0 amide bonds. The van der Waals surface area contributed by atoms with Crippen LogP contribution in [0.5, 0.6) is 34.5 Å². The Hall–Kier alpha value is -4.36. The zero-order valence-electron chi connectivity index (χ0n) is 25.3. The van der Waals surface area contributed by atoms with Gasteiger partial charge in [0.1, 0.15) is 34.5 Å². The molecule has 0 saturated heterocycles. The monoisotopic (exact) mass is 776 g/mol. The molecule has 2 atom stereocenters. The highest BCUT2D eigenvalue weighted by molar-refractivity contribution is 9.11. The van der Waals surface area contributed by atoms with Crippen molar-refractivity contribution in [2.75, 3.05) is 0 Å². The lowest BCUT2D eigenvalue weighted by atomic mass is 9.76. The number of phenols is 6. The van der Waals surface area contributed by atoms with E-state index in [1.165, 1.54) is 0 Å². The zero-order valence-corrected chi connectivity index (χ0v) is 28.5. The van der Waals surface area contributed by atoms with Crippen LogP contribution >= 0.6 is 31.9 Å². The minimum absolute atomic E-state index is 0.00491. The van der Waals surface area contributed by atoms with Gasteiger partial charge < -0.3 is 40.9 Å². The summed E-state index contributed by atoms with van der Waals surface area (Å²) in [7, 11) is 0. The Morgan fingerprint density at radius 1 is 0.542 bits per heavy atom. The number of fused-ring (bicyclic) bond motifs is 2. The fourth-order valence-electron chi connectivity index (χ4n) is 8.14. The maximum atomic E-state index is 13.8. The molecule has 0 aliphatic carbocycles. The topological polar surface area (TPSA) is 196 Å². The standard InChI is InChI=1S/C36H26Br2O10/c1-3-4-10(40)6-12-18-17-11(5-9(2)39)31(37)35(47)29-23(17)27-25-19(13(41)7-15(43)21(25)33(29)45)20-14(42)8-16(44)22-26(20)28(27)24(18)30(34(22)46)36(48)32(12)38/h7-10,39-40,43-48H,3-6H2,1-2H3. The van der Waals surface area contributed by atoms with E-state index in [0.29, 0.717) is 34.7 Å². The molecule has 10 nitrogen and oxygen atoms in total. The molecule has 0 aliphatic rings. The molecular weight excluding hydrogens is 752 g/mol.